The number of hydrogen-bond donors (Lipinski definition) is 2. The van der Waals surface area contributed by atoms with E-state index in [9.17, 15) is 4.79 Å². The number of nitrogens with zero attached hydrogens (tertiary/aromatic N) is 1. The van der Waals surface area contributed by atoms with E-state index in [-0.39, 0.29) is 12.1 Å². The number of carbonyl (C=O) groups is 1. The molecule has 2 N–H and O–H groups in total. The van der Waals surface area contributed by atoms with Gasteiger partial charge < -0.3 is 20.1 Å². The van der Waals surface area contributed by atoms with Crippen LogP contribution in [0.5, 0.6) is 0 Å². The van der Waals surface area contributed by atoms with Crippen molar-refractivity contribution < 1.29 is 14.3 Å². The Balaban J connectivity index is 1.45. The molecule has 1 aromatic rings. The molecule has 2 saturated heterocycles. The maximum atomic E-state index is 12.0. The molecule has 0 aliphatic carbocycles. The summed E-state index contributed by atoms with van der Waals surface area (Å²) in [6.07, 6.45) is 3.85. The van der Waals surface area contributed by atoms with Gasteiger partial charge in [-0.05, 0) is 43.6 Å². The van der Waals surface area contributed by atoms with Gasteiger partial charge in [0, 0.05) is 18.8 Å². The summed E-state index contributed by atoms with van der Waals surface area (Å²) >= 11 is 0. The number of ether oxygens (including phenoxy) is 2. The molecule has 1 aromatic carbocycles. The lowest BCUT2D eigenvalue weighted by Crippen LogP contribution is -2.41. The van der Waals surface area contributed by atoms with Gasteiger partial charge >= 0.3 is 6.03 Å². The third kappa shape index (κ3) is 5.47. The van der Waals surface area contributed by atoms with Crippen molar-refractivity contribution in [3.63, 3.8) is 0 Å². The zero-order valence-corrected chi connectivity index (χ0v) is 14.1. The summed E-state index contributed by atoms with van der Waals surface area (Å²) in [6.45, 7) is 5.50. The van der Waals surface area contributed by atoms with Gasteiger partial charge in [0.1, 0.15) is 0 Å². The van der Waals surface area contributed by atoms with E-state index in [4.69, 9.17) is 9.47 Å². The molecular weight excluding hydrogens is 306 g/mol. The largest absolute Gasteiger partial charge is 0.376 e. The number of hydrogen-bond acceptors (Lipinski definition) is 4. The number of nitrogens with one attached hydrogen (secondary N) is 2. The first-order chi connectivity index (χ1) is 11.8. The molecule has 0 radical (unpaired) electrons. The lowest BCUT2D eigenvalue weighted by atomic mass is 10.1. The quantitative estimate of drug-likeness (QED) is 0.867. The second kappa shape index (κ2) is 9.01. The Morgan fingerprint density at radius 1 is 1.21 bits per heavy atom. The Labute approximate surface area is 143 Å². The summed E-state index contributed by atoms with van der Waals surface area (Å²) in [5, 5.41) is 5.73. The highest BCUT2D eigenvalue weighted by molar-refractivity contribution is 5.89. The van der Waals surface area contributed by atoms with E-state index in [1.54, 1.807) is 0 Å². The molecule has 0 saturated carbocycles. The molecule has 0 spiro atoms. The van der Waals surface area contributed by atoms with E-state index >= 15 is 0 Å². The average molecular weight is 333 g/mol. The topological polar surface area (TPSA) is 62.8 Å². The first-order valence-corrected chi connectivity index (χ1v) is 8.85. The third-order valence-corrected chi connectivity index (χ3v) is 4.41. The van der Waals surface area contributed by atoms with Crippen LogP contribution in [0.3, 0.4) is 0 Å². The molecule has 2 aliphatic heterocycles. The smallest absolute Gasteiger partial charge is 0.319 e. The van der Waals surface area contributed by atoms with Crippen LogP contribution in [0, 0.1) is 0 Å². The summed E-state index contributed by atoms with van der Waals surface area (Å²) in [4.78, 5) is 14.5. The van der Waals surface area contributed by atoms with Crippen LogP contribution in [0.2, 0.25) is 0 Å². The molecule has 2 aliphatic rings. The zero-order valence-electron chi connectivity index (χ0n) is 14.1. The first kappa shape index (κ1) is 17.2. The van der Waals surface area contributed by atoms with E-state index in [1.807, 2.05) is 12.1 Å². The lowest BCUT2D eigenvalue weighted by Gasteiger charge is -2.26. The van der Waals surface area contributed by atoms with Crippen LogP contribution in [0.25, 0.3) is 0 Å². The molecule has 0 aromatic heterocycles. The highest BCUT2D eigenvalue weighted by atomic mass is 16.6. The Hall–Kier alpha value is -1.63. The predicted octanol–water partition coefficient (Wildman–Crippen LogP) is 2.21. The molecule has 1 atom stereocenters. The van der Waals surface area contributed by atoms with Gasteiger partial charge in [0.15, 0.2) is 0 Å². The molecule has 3 rings (SSSR count). The van der Waals surface area contributed by atoms with Crippen LogP contribution in [-0.2, 0) is 16.0 Å². The van der Waals surface area contributed by atoms with Crippen molar-refractivity contribution in [1.29, 1.82) is 0 Å². The molecular formula is C18H27N3O3. The minimum Gasteiger partial charge on any atom is -0.376 e. The van der Waals surface area contributed by atoms with Crippen LogP contribution >= 0.6 is 0 Å². The lowest BCUT2D eigenvalue weighted by molar-refractivity contribution is -0.0852. The van der Waals surface area contributed by atoms with Gasteiger partial charge in [0.2, 0.25) is 0 Å². The van der Waals surface area contributed by atoms with Crippen LogP contribution in [0.1, 0.15) is 24.8 Å². The number of likely N-dealkylation sites (tertiary alicyclic amines) is 1. The van der Waals surface area contributed by atoms with Crippen molar-refractivity contribution in [1.82, 2.24) is 10.2 Å². The molecule has 0 unspecified atom stereocenters. The van der Waals surface area contributed by atoms with Crippen molar-refractivity contribution in [3.8, 4) is 0 Å². The van der Waals surface area contributed by atoms with Gasteiger partial charge in [-0.25, -0.2) is 4.79 Å². The second-order valence-electron chi connectivity index (χ2n) is 6.44. The van der Waals surface area contributed by atoms with Crippen molar-refractivity contribution >= 4 is 11.7 Å². The number of benzene rings is 1. The van der Waals surface area contributed by atoms with Gasteiger partial charge in [0.25, 0.3) is 0 Å². The fourth-order valence-corrected chi connectivity index (χ4v) is 3.16. The molecule has 132 valence electrons. The Kier molecular flexibility index (Phi) is 6.46. The number of urea groups is 1. The average Bonchev–Trinajstić information content (AvgIpc) is 2.62. The fraction of sp³-hybridized carbons (Fsp3) is 0.611. The molecule has 2 fully saturated rings. The Morgan fingerprint density at radius 3 is 2.88 bits per heavy atom. The van der Waals surface area contributed by atoms with Crippen molar-refractivity contribution in [2.24, 2.45) is 0 Å². The zero-order chi connectivity index (χ0) is 16.6. The third-order valence-electron chi connectivity index (χ3n) is 4.41. The van der Waals surface area contributed by atoms with E-state index < -0.39 is 0 Å². The van der Waals surface area contributed by atoms with Gasteiger partial charge in [-0.3, -0.25) is 4.90 Å². The SMILES string of the molecule is O=C(NC[C@@H]1COCCO1)Nc1cccc(CN2CCCCC2)c1. The molecule has 6 nitrogen and oxygen atoms in total. The van der Waals surface area contributed by atoms with E-state index in [1.165, 1.54) is 37.9 Å². The van der Waals surface area contributed by atoms with E-state index in [0.29, 0.717) is 26.4 Å². The number of amides is 2. The standard InChI is InChI=1S/C18H27N3O3/c22-18(19-12-17-14-23-9-10-24-17)20-16-6-4-5-15(11-16)13-21-7-2-1-3-8-21/h4-6,11,17H,1-3,7-10,12-14H2,(H2,19,20,22)/t17-/m1/s1. The van der Waals surface area contributed by atoms with Gasteiger partial charge in [0.05, 0.1) is 25.9 Å². The predicted molar refractivity (Wildman–Crippen MR) is 93.2 cm³/mol. The summed E-state index contributed by atoms with van der Waals surface area (Å²) in [5.41, 5.74) is 2.06. The molecule has 6 heteroatoms. The number of anilines is 1. The maximum absolute atomic E-state index is 12.0. The minimum absolute atomic E-state index is 0.0602. The summed E-state index contributed by atoms with van der Waals surface area (Å²) in [5.74, 6) is 0. The van der Waals surface area contributed by atoms with Crippen LogP contribution in [-0.4, -0.2) is 56.5 Å². The molecule has 0 bridgehead atoms. The van der Waals surface area contributed by atoms with Crippen LogP contribution < -0.4 is 10.6 Å². The van der Waals surface area contributed by atoms with Gasteiger partial charge in [-0.1, -0.05) is 18.6 Å². The van der Waals surface area contributed by atoms with E-state index in [0.717, 1.165) is 12.2 Å². The van der Waals surface area contributed by atoms with Gasteiger partial charge in [-0.2, -0.15) is 0 Å². The van der Waals surface area contributed by atoms with Crippen molar-refractivity contribution in [2.45, 2.75) is 31.9 Å². The highest BCUT2D eigenvalue weighted by Gasteiger charge is 2.15. The van der Waals surface area contributed by atoms with Crippen molar-refractivity contribution in [2.75, 3.05) is 44.8 Å². The Morgan fingerprint density at radius 2 is 2.08 bits per heavy atom. The van der Waals surface area contributed by atoms with E-state index in [2.05, 4.69) is 27.7 Å². The number of carbonyl (C=O) groups excluding carboxylic acids is 1. The Bertz CT molecular complexity index is 526. The molecule has 2 amide bonds. The molecule has 2 heterocycles. The first-order valence-electron chi connectivity index (χ1n) is 8.85. The summed E-state index contributed by atoms with van der Waals surface area (Å²) in [6, 6.07) is 7.87. The minimum atomic E-state index is -0.209. The second-order valence-corrected chi connectivity index (χ2v) is 6.44. The van der Waals surface area contributed by atoms with Crippen LogP contribution in [0.4, 0.5) is 10.5 Å². The summed E-state index contributed by atoms with van der Waals surface area (Å²) < 4.78 is 10.8. The summed E-state index contributed by atoms with van der Waals surface area (Å²) in [7, 11) is 0. The highest BCUT2D eigenvalue weighted by Crippen LogP contribution is 2.16. The normalized spacial score (nSPS) is 22.1. The monoisotopic (exact) mass is 333 g/mol. The van der Waals surface area contributed by atoms with Crippen LogP contribution in [0.15, 0.2) is 24.3 Å². The number of piperidine rings is 1. The maximum Gasteiger partial charge on any atom is 0.319 e. The van der Waals surface area contributed by atoms with Crippen molar-refractivity contribution in [3.05, 3.63) is 29.8 Å². The fourth-order valence-electron chi connectivity index (χ4n) is 3.16. The number of rotatable bonds is 5. The van der Waals surface area contributed by atoms with Gasteiger partial charge in [-0.15, -0.1) is 0 Å². The molecule has 24 heavy (non-hydrogen) atoms.